The summed E-state index contributed by atoms with van der Waals surface area (Å²) in [5, 5.41) is 14.5. The summed E-state index contributed by atoms with van der Waals surface area (Å²) >= 11 is 0. The van der Waals surface area contributed by atoms with E-state index in [1.54, 1.807) is 39.8 Å². The predicted octanol–water partition coefficient (Wildman–Crippen LogP) is 2.52. The second kappa shape index (κ2) is 10.9. The van der Waals surface area contributed by atoms with Gasteiger partial charge in [0.2, 0.25) is 5.91 Å². The van der Waals surface area contributed by atoms with Gasteiger partial charge in [0, 0.05) is 18.5 Å². The van der Waals surface area contributed by atoms with E-state index >= 15 is 0 Å². The molecule has 1 rings (SSSR count). The molecule has 0 heterocycles. The highest BCUT2D eigenvalue weighted by atomic mass is 17.0. The number of ether oxygens (including phenoxy) is 3. The molecule has 1 atom stereocenters. The fraction of sp³-hybridized carbons (Fsp3) is 0.556. The molecular weight excluding hydrogens is 386 g/mol. The number of amides is 2. The van der Waals surface area contributed by atoms with Crippen LogP contribution in [0.25, 0.3) is 0 Å². The Bertz CT molecular complexity index is 718. The van der Waals surface area contributed by atoms with Crippen LogP contribution in [-0.2, 0) is 14.4 Å². The summed E-state index contributed by atoms with van der Waals surface area (Å²) in [4.78, 5) is 38.4. The normalized spacial score (nSPS) is 11.8. The second-order valence-corrected chi connectivity index (χ2v) is 7.07. The van der Waals surface area contributed by atoms with Crippen molar-refractivity contribution in [3.63, 3.8) is 0 Å². The van der Waals surface area contributed by atoms with Crippen LogP contribution in [0.3, 0.4) is 0 Å². The van der Waals surface area contributed by atoms with E-state index in [4.69, 9.17) is 14.2 Å². The van der Waals surface area contributed by atoms with Crippen molar-refractivity contribution < 1.29 is 33.7 Å². The highest BCUT2D eigenvalue weighted by Gasteiger charge is 2.19. The Balaban J connectivity index is 2.63. The van der Waals surface area contributed by atoms with Gasteiger partial charge in [-0.3, -0.25) is 4.79 Å². The first-order valence-corrected chi connectivity index (χ1v) is 8.87. The number of rotatable bonds is 10. The van der Waals surface area contributed by atoms with E-state index in [1.165, 1.54) is 13.2 Å². The minimum Gasteiger partial charge on any atom is -0.495 e. The molecule has 2 amide bonds. The van der Waals surface area contributed by atoms with Crippen LogP contribution in [0.15, 0.2) is 18.2 Å². The van der Waals surface area contributed by atoms with Gasteiger partial charge in [0.05, 0.1) is 12.8 Å². The molecule has 11 nitrogen and oxygen atoms in total. The van der Waals surface area contributed by atoms with Crippen molar-refractivity contribution in [2.24, 2.45) is 0 Å². The molecule has 11 heteroatoms. The van der Waals surface area contributed by atoms with Gasteiger partial charge in [0.25, 0.3) is 5.09 Å². The van der Waals surface area contributed by atoms with Gasteiger partial charge >= 0.3 is 6.09 Å². The van der Waals surface area contributed by atoms with E-state index in [1.807, 2.05) is 0 Å². The molecule has 0 aliphatic carbocycles. The summed E-state index contributed by atoms with van der Waals surface area (Å²) in [5.41, 5.74) is -0.278. The van der Waals surface area contributed by atoms with Crippen molar-refractivity contribution in [2.75, 3.05) is 25.6 Å². The number of nitrogens with zero attached hydrogens (tertiary/aromatic N) is 1. The van der Waals surface area contributed by atoms with Gasteiger partial charge in [-0.05, 0) is 39.8 Å². The lowest BCUT2D eigenvalue weighted by molar-refractivity contribution is -0.757. The van der Waals surface area contributed by atoms with Crippen LogP contribution < -0.4 is 20.1 Å². The average Bonchev–Trinajstić information content (AvgIpc) is 2.56. The number of hydrogen-bond donors (Lipinski definition) is 2. The number of benzene rings is 1. The highest BCUT2D eigenvalue weighted by molar-refractivity contribution is 5.93. The second-order valence-electron chi connectivity index (χ2n) is 7.07. The third-order valence-electron chi connectivity index (χ3n) is 3.25. The van der Waals surface area contributed by atoms with Crippen LogP contribution in [-0.4, -0.2) is 49.1 Å². The summed E-state index contributed by atoms with van der Waals surface area (Å²) in [6, 6.07) is 4.23. The number of carbonyl (C=O) groups is 2. The number of anilines is 1. The maximum Gasteiger partial charge on any atom is 0.407 e. The molecule has 162 valence electrons. The zero-order valence-corrected chi connectivity index (χ0v) is 17.1. The summed E-state index contributed by atoms with van der Waals surface area (Å²) in [6.07, 6.45) is -0.604. The molecule has 0 aliphatic rings. The smallest absolute Gasteiger partial charge is 0.407 e. The van der Waals surface area contributed by atoms with Gasteiger partial charge in [-0.2, -0.15) is 0 Å². The lowest BCUT2D eigenvalue weighted by Gasteiger charge is -2.22. The van der Waals surface area contributed by atoms with Gasteiger partial charge in [0.1, 0.15) is 30.3 Å². The van der Waals surface area contributed by atoms with E-state index in [0.717, 1.165) is 0 Å². The third kappa shape index (κ3) is 10.0. The van der Waals surface area contributed by atoms with Crippen molar-refractivity contribution in [3.05, 3.63) is 28.3 Å². The SMILES string of the molecule is COc1ccc(OCCO[N+](=O)[O-])cc1NC(=O)CC(C)NC(=O)OC(C)(C)C. The average molecular weight is 413 g/mol. The topological polar surface area (TPSA) is 138 Å². The van der Waals surface area contributed by atoms with Crippen molar-refractivity contribution >= 4 is 17.7 Å². The first-order valence-electron chi connectivity index (χ1n) is 8.87. The molecule has 0 radical (unpaired) electrons. The molecule has 0 saturated heterocycles. The molecule has 0 aliphatic heterocycles. The first-order chi connectivity index (χ1) is 13.5. The number of hydrogen-bond acceptors (Lipinski definition) is 8. The van der Waals surface area contributed by atoms with Crippen LogP contribution >= 0.6 is 0 Å². The van der Waals surface area contributed by atoms with Crippen LogP contribution in [0, 0.1) is 10.1 Å². The predicted molar refractivity (Wildman–Crippen MR) is 104 cm³/mol. The Morgan fingerprint density at radius 1 is 1.24 bits per heavy atom. The quantitative estimate of drug-likeness (QED) is 0.339. The van der Waals surface area contributed by atoms with Crippen molar-refractivity contribution in [1.82, 2.24) is 5.32 Å². The Kier molecular flexibility index (Phi) is 8.97. The Labute approximate surface area is 168 Å². The zero-order chi connectivity index (χ0) is 22.0. The van der Waals surface area contributed by atoms with Gasteiger partial charge in [0.15, 0.2) is 0 Å². The molecule has 0 spiro atoms. The summed E-state index contributed by atoms with van der Waals surface area (Å²) in [6.45, 7) is 6.64. The molecule has 0 saturated carbocycles. The van der Waals surface area contributed by atoms with Crippen molar-refractivity contribution in [1.29, 1.82) is 0 Å². The van der Waals surface area contributed by atoms with Crippen molar-refractivity contribution in [3.8, 4) is 11.5 Å². The first kappa shape index (κ1) is 23.8. The molecule has 2 N–H and O–H groups in total. The molecule has 1 aromatic carbocycles. The minimum atomic E-state index is -0.907. The molecule has 0 bridgehead atoms. The third-order valence-corrected chi connectivity index (χ3v) is 3.25. The Hall–Kier alpha value is -3.24. The van der Waals surface area contributed by atoms with Crippen LogP contribution in [0.5, 0.6) is 11.5 Å². The van der Waals surface area contributed by atoms with E-state index < -0.39 is 22.8 Å². The maximum absolute atomic E-state index is 12.3. The molecule has 0 fully saturated rings. The maximum atomic E-state index is 12.3. The van der Waals surface area contributed by atoms with E-state index in [0.29, 0.717) is 17.2 Å². The van der Waals surface area contributed by atoms with E-state index in [2.05, 4.69) is 15.5 Å². The van der Waals surface area contributed by atoms with Crippen LogP contribution in [0.4, 0.5) is 10.5 Å². The zero-order valence-electron chi connectivity index (χ0n) is 17.1. The molecule has 1 unspecified atom stereocenters. The number of alkyl carbamates (subject to hydrolysis) is 1. The Morgan fingerprint density at radius 2 is 1.93 bits per heavy atom. The lowest BCUT2D eigenvalue weighted by Crippen LogP contribution is -2.39. The van der Waals surface area contributed by atoms with E-state index in [-0.39, 0.29) is 25.5 Å². The number of nitrogens with one attached hydrogen (secondary N) is 2. The Morgan fingerprint density at radius 3 is 2.52 bits per heavy atom. The summed E-state index contributed by atoms with van der Waals surface area (Å²) in [5.74, 6) is 0.411. The van der Waals surface area contributed by atoms with Crippen LogP contribution in [0.1, 0.15) is 34.1 Å². The highest BCUT2D eigenvalue weighted by Crippen LogP contribution is 2.29. The number of carbonyl (C=O) groups excluding carboxylic acids is 2. The fourth-order valence-electron chi connectivity index (χ4n) is 2.18. The van der Waals surface area contributed by atoms with Crippen LogP contribution in [0.2, 0.25) is 0 Å². The monoisotopic (exact) mass is 413 g/mol. The number of methoxy groups -OCH3 is 1. The van der Waals surface area contributed by atoms with Gasteiger partial charge < -0.3 is 29.7 Å². The van der Waals surface area contributed by atoms with E-state index in [9.17, 15) is 19.7 Å². The van der Waals surface area contributed by atoms with Gasteiger partial charge in [-0.15, -0.1) is 10.1 Å². The van der Waals surface area contributed by atoms with Gasteiger partial charge in [-0.1, -0.05) is 0 Å². The standard InChI is InChI=1S/C18H27N3O8/c1-12(19-17(23)29-18(2,3)4)10-16(22)20-14-11-13(6-7-15(14)26-5)27-8-9-28-21(24)25/h6-7,11-12H,8-10H2,1-5H3,(H,19,23)(H,20,22). The summed E-state index contributed by atoms with van der Waals surface area (Å²) < 4.78 is 15.7. The fourth-order valence-corrected chi connectivity index (χ4v) is 2.18. The molecule has 0 aromatic heterocycles. The molecule has 29 heavy (non-hydrogen) atoms. The lowest BCUT2D eigenvalue weighted by atomic mass is 10.2. The molecule has 1 aromatic rings. The summed E-state index contributed by atoms with van der Waals surface area (Å²) in [7, 11) is 1.45. The van der Waals surface area contributed by atoms with Gasteiger partial charge in [-0.25, -0.2) is 4.79 Å². The largest absolute Gasteiger partial charge is 0.495 e. The minimum absolute atomic E-state index is 0.00412. The molecular formula is C18H27N3O8. The van der Waals surface area contributed by atoms with Crippen molar-refractivity contribution in [2.45, 2.75) is 45.8 Å².